The van der Waals surface area contributed by atoms with Gasteiger partial charge in [0.2, 0.25) is 5.95 Å². The molecule has 0 unspecified atom stereocenters. The summed E-state index contributed by atoms with van der Waals surface area (Å²) in [6, 6.07) is 7.48. The zero-order chi connectivity index (χ0) is 24.2. The van der Waals surface area contributed by atoms with Crippen LogP contribution in [0.4, 0.5) is 11.8 Å². The van der Waals surface area contributed by atoms with Crippen LogP contribution in [0.15, 0.2) is 35.3 Å². The zero-order valence-corrected chi connectivity index (χ0v) is 20.0. The van der Waals surface area contributed by atoms with Crippen LogP contribution in [0.2, 0.25) is 0 Å². The number of fused-ring (bicyclic) bond motifs is 1. The second kappa shape index (κ2) is 10.2. The van der Waals surface area contributed by atoms with Crippen molar-refractivity contribution in [2.45, 2.75) is 39.3 Å². The Morgan fingerprint density at radius 2 is 1.85 bits per heavy atom. The molecular formula is C24H32N8O2. The van der Waals surface area contributed by atoms with Crippen molar-refractivity contribution in [3.05, 3.63) is 51.9 Å². The van der Waals surface area contributed by atoms with Crippen LogP contribution in [-0.2, 0) is 6.54 Å². The van der Waals surface area contributed by atoms with Crippen LogP contribution in [0.3, 0.4) is 0 Å². The summed E-state index contributed by atoms with van der Waals surface area (Å²) in [6.07, 6.45) is 3.48. The number of hydrogen-bond acceptors (Lipinski definition) is 8. The molecule has 1 saturated heterocycles. The molecule has 3 aromatic rings. The van der Waals surface area contributed by atoms with Crippen molar-refractivity contribution in [3.63, 3.8) is 0 Å². The predicted octanol–water partition coefficient (Wildman–Crippen LogP) is 1.81. The smallest absolute Gasteiger partial charge is 0.280 e. The number of nitrogens with one attached hydrogen (secondary N) is 1. The summed E-state index contributed by atoms with van der Waals surface area (Å²) in [6.45, 7) is 7.63. The van der Waals surface area contributed by atoms with Crippen molar-refractivity contribution in [3.8, 4) is 0 Å². The summed E-state index contributed by atoms with van der Waals surface area (Å²) in [5.41, 5.74) is 7.49. The molecule has 1 fully saturated rings. The highest BCUT2D eigenvalue weighted by Gasteiger charge is 2.20. The third-order valence-corrected chi connectivity index (χ3v) is 6.15. The lowest BCUT2D eigenvalue weighted by atomic mass is 10.1. The Kier molecular flexibility index (Phi) is 7.06. The largest absolute Gasteiger partial charge is 0.368 e. The molecule has 0 bridgehead atoms. The van der Waals surface area contributed by atoms with Crippen molar-refractivity contribution in [1.29, 1.82) is 0 Å². The Hall–Kier alpha value is -3.53. The molecule has 3 N–H and O–H groups in total. The highest BCUT2D eigenvalue weighted by Crippen LogP contribution is 2.19. The Bertz CT molecular complexity index is 1220. The monoisotopic (exact) mass is 464 g/mol. The molecule has 0 aliphatic carbocycles. The number of nitrogens with two attached hydrogens (primary N) is 1. The molecule has 0 radical (unpaired) electrons. The summed E-state index contributed by atoms with van der Waals surface area (Å²) in [5.74, 6) is 0.559. The van der Waals surface area contributed by atoms with Crippen LogP contribution < -0.4 is 16.6 Å². The molecule has 0 saturated carbocycles. The number of carbonyl (C=O) groups excluding carboxylic acids is 1. The van der Waals surface area contributed by atoms with Crippen LogP contribution in [0.5, 0.6) is 0 Å². The van der Waals surface area contributed by atoms with Gasteiger partial charge >= 0.3 is 0 Å². The standard InChI is InChI=1S/C24H32N8O2/c1-4-5-16(2)27-21-20-19(28-24(25)29-21)14-26-32(23(20)34)15-17-6-8-18(9-7-17)22(33)31-12-10-30(3)11-13-31/h6-9,14,16H,4-5,10-13,15H2,1-3H3,(H3,25,27,28,29)/t16-/m1/s1. The molecule has 1 atom stereocenters. The summed E-state index contributed by atoms with van der Waals surface area (Å²) in [7, 11) is 2.06. The quantitative estimate of drug-likeness (QED) is 0.543. The molecule has 10 heteroatoms. The van der Waals surface area contributed by atoms with Crippen molar-refractivity contribution in [1.82, 2.24) is 29.5 Å². The fraction of sp³-hybridized carbons (Fsp3) is 0.458. The number of hydrogen-bond donors (Lipinski definition) is 2. The number of piperazine rings is 1. The number of likely N-dealkylation sites (N-methyl/N-ethyl adjacent to an activating group) is 1. The van der Waals surface area contributed by atoms with Gasteiger partial charge in [0.15, 0.2) is 0 Å². The number of rotatable bonds is 7. The molecule has 0 spiro atoms. The number of nitrogens with zero attached hydrogens (tertiary/aromatic N) is 6. The number of aromatic nitrogens is 4. The summed E-state index contributed by atoms with van der Waals surface area (Å²) in [5, 5.41) is 7.95. The molecule has 4 rings (SSSR count). The number of benzene rings is 1. The fourth-order valence-corrected chi connectivity index (χ4v) is 4.18. The number of amides is 1. The minimum atomic E-state index is -0.290. The van der Waals surface area contributed by atoms with E-state index in [9.17, 15) is 9.59 Å². The topological polar surface area (TPSA) is 122 Å². The first-order chi connectivity index (χ1) is 16.4. The average Bonchev–Trinajstić information content (AvgIpc) is 2.81. The normalized spacial score (nSPS) is 15.4. The van der Waals surface area contributed by atoms with Gasteiger partial charge in [-0.3, -0.25) is 9.59 Å². The third-order valence-electron chi connectivity index (χ3n) is 6.15. The first-order valence-electron chi connectivity index (χ1n) is 11.7. The van der Waals surface area contributed by atoms with E-state index in [1.165, 1.54) is 10.9 Å². The van der Waals surface area contributed by atoms with Gasteiger partial charge in [-0.1, -0.05) is 25.5 Å². The number of carbonyl (C=O) groups is 1. The number of nitrogen functional groups attached to an aromatic ring is 1. The third kappa shape index (κ3) is 5.17. The Morgan fingerprint density at radius 1 is 1.15 bits per heavy atom. The van der Waals surface area contributed by atoms with Gasteiger partial charge in [-0.05, 0) is 38.1 Å². The summed E-state index contributed by atoms with van der Waals surface area (Å²) >= 11 is 0. The first kappa shape index (κ1) is 23.6. The Morgan fingerprint density at radius 3 is 2.53 bits per heavy atom. The van der Waals surface area contributed by atoms with Gasteiger partial charge in [-0.2, -0.15) is 10.1 Å². The van der Waals surface area contributed by atoms with Gasteiger partial charge in [-0.15, -0.1) is 0 Å². The zero-order valence-electron chi connectivity index (χ0n) is 20.0. The maximum absolute atomic E-state index is 13.3. The van der Waals surface area contributed by atoms with Crippen molar-refractivity contribution >= 4 is 28.6 Å². The molecule has 1 amide bonds. The van der Waals surface area contributed by atoms with Crippen LogP contribution in [0, 0.1) is 0 Å². The van der Waals surface area contributed by atoms with Crippen LogP contribution >= 0.6 is 0 Å². The SMILES string of the molecule is CCC[C@@H](C)Nc1nc(N)nc2cnn(Cc3ccc(C(=O)N4CCN(C)CC4)cc3)c(=O)c12. The van der Waals surface area contributed by atoms with Gasteiger partial charge in [0.25, 0.3) is 11.5 Å². The van der Waals surface area contributed by atoms with E-state index in [4.69, 9.17) is 5.73 Å². The van der Waals surface area contributed by atoms with E-state index in [2.05, 4.69) is 39.3 Å². The first-order valence-corrected chi connectivity index (χ1v) is 11.7. The van der Waals surface area contributed by atoms with Gasteiger partial charge in [0.1, 0.15) is 16.7 Å². The molecule has 1 aliphatic rings. The fourth-order valence-electron chi connectivity index (χ4n) is 4.18. The molecule has 10 nitrogen and oxygen atoms in total. The summed E-state index contributed by atoms with van der Waals surface area (Å²) in [4.78, 5) is 38.6. The second-order valence-electron chi connectivity index (χ2n) is 8.92. The molecule has 2 aromatic heterocycles. The maximum Gasteiger partial charge on any atom is 0.280 e. The van der Waals surface area contributed by atoms with E-state index in [0.29, 0.717) is 22.3 Å². The molecule has 1 aromatic carbocycles. The lowest BCUT2D eigenvalue weighted by Crippen LogP contribution is -2.47. The molecular weight excluding hydrogens is 432 g/mol. The van der Waals surface area contributed by atoms with E-state index in [0.717, 1.165) is 44.6 Å². The highest BCUT2D eigenvalue weighted by atomic mass is 16.2. The highest BCUT2D eigenvalue weighted by molar-refractivity contribution is 5.94. The van der Waals surface area contributed by atoms with Gasteiger partial charge < -0.3 is 20.9 Å². The average molecular weight is 465 g/mol. The minimum Gasteiger partial charge on any atom is -0.368 e. The van der Waals surface area contributed by atoms with Crippen molar-refractivity contribution in [2.24, 2.45) is 0 Å². The van der Waals surface area contributed by atoms with E-state index < -0.39 is 0 Å². The molecule has 180 valence electrons. The van der Waals surface area contributed by atoms with Crippen LogP contribution in [-0.4, -0.2) is 74.7 Å². The Labute approximate surface area is 198 Å². The van der Waals surface area contributed by atoms with Crippen LogP contribution in [0.1, 0.15) is 42.6 Å². The van der Waals surface area contributed by atoms with E-state index in [-0.39, 0.29) is 30.0 Å². The van der Waals surface area contributed by atoms with E-state index >= 15 is 0 Å². The van der Waals surface area contributed by atoms with Gasteiger partial charge in [0, 0.05) is 37.8 Å². The Balaban J connectivity index is 1.56. The summed E-state index contributed by atoms with van der Waals surface area (Å²) < 4.78 is 1.38. The van der Waals surface area contributed by atoms with E-state index in [1.54, 1.807) is 0 Å². The maximum atomic E-state index is 13.3. The van der Waals surface area contributed by atoms with Gasteiger partial charge in [0.05, 0.1) is 12.7 Å². The molecule has 1 aliphatic heterocycles. The lowest BCUT2D eigenvalue weighted by molar-refractivity contribution is 0.0664. The second-order valence-corrected chi connectivity index (χ2v) is 8.92. The number of anilines is 2. The van der Waals surface area contributed by atoms with Crippen molar-refractivity contribution in [2.75, 3.05) is 44.3 Å². The van der Waals surface area contributed by atoms with Crippen molar-refractivity contribution < 1.29 is 4.79 Å². The van der Waals surface area contributed by atoms with Crippen LogP contribution in [0.25, 0.3) is 10.9 Å². The van der Waals surface area contributed by atoms with Gasteiger partial charge in [-0.25, -0.2) is 9.67 Å². The van der Waals surface area contributed by atoms with E-state index in [1.807, 2.05) is 36.1 Å². The molecule has 34 heavy (non-hydrogen) atoms. The lowest BCUT2D eigenvalue weighted by Gasteiger charge is -2.32. The predicted molar refractivity (Wildman–Crippen MR) is 133 cm³/mol. The molecule has 3 heterocycles. The minimum absolute atomic E-state index is 0.0345.